The van der Waals surface area contributed by atoms with Crippen LogP contribution in [0.3, 0.4) is 0 Å². The molecule has 2 heterocycles. The van der Waals surface area contributed by atoms with Gasteiger partial charge in [-0.15, -0.1) is 0 Å². The molecule has 3 aromatic rings. The van der Waals surface area contributed by atoms with Crippen molar-refractivity contribution in [2.75, 3.05) is 13.1 Å². The molecule has 6 nitrogen and oxygen atoms in total. The monoisotopic (exact) mass is 440 g/mol. The molecular formula is C24H25ClN2O4. The summed E-state index contributed by atoms with van der Waals surface area (Å²) in [6, 6.07) is 14.7. The minimum absolute atomic E-state index is 0.296. The second-order valence-corrected chi connectivity index (χ2v) is 7.65. The average Bonchev–Trinajstić information content (AvgIpc) is 3.11. The van der Waals surface area contributed by atoms with Gasteiger partial charge in [-0.25, -0.2) is 0 Å². The van der Waals surface area contributed by atoms with E-state index in [4.69, 9.17) is 21.8 Å². The van der Waals surface area contributed by atoms with Crippen LogP contribution in [0.4, 0.5) is 0 Å². The standard InChI is InChI=1S/C20H19ClN2.C4H6O4/c21-19-7-6-15-8-10-22-11-9-16(15)20(19)18-13-23-12-17(18)14-4-2-1-3-5-14;5-3(6)1-2-4(7)8/h1-7,12-13,22-23H,8-11H2;1-2H2,(H,5,6)(H,7,8). The Labute approximate surface area is 185 Å². The molecule has 0 unspecified atom stereocenters. The first kappa shape index (κ1) is 22.6. The topological polar surface area (TPSA) is 102 Å². The molecule has 0 saturated carbocycles. The zero-order valence-electron chi connectivity index (χ0n) is 17.0. The molecule has 0 bridgehead atoms. The summed E-state index contributed by atoms with van der Waals surface area (Å²) in [4.78, 5) is 22.6. The number of H-pyrrole nitrogens is 1. The molecule has 0 aliphatic carbocycles. The largest absolute Gasteiger partial charge is 0.481 e. The number of carboxylic acid groups (broad SMARTS) is 2. The molecule has 4 rings (SSSR count). The van der Waals surface area contributed by atoms with Gasteiger partial charge in [0.2, 0.25) is 0 Å². The number of aromatic amines is 1. The molecular weight excluding hydrogens is 416 g/mol. The molecule has 0 radical (unpaired) electrons. The maximum absolute atomic E-state index is 9.64. The van der Waals surface area contributed by atoms with Gasteiger partial charge in [0.15, 0.2) is 0 Å². The lowest BCUT2D eigenvalue weighted by Gasteiger charge is -2.15. The fraction of sp³-hybridized carbons (Fsp3) is 0.250. The number of benzene rings is 2. The van der Waals surface area contributed by atoms with Crippen LogP contribution >= 0.6 is 11.6 Å². The van der Waals surface area contributed by atoms with Gasteiger partial charge < -0.3 is 20.5 Å². The van der Waals surface area contributed by atoms with Crippen molar-refractivity contribution >= 4 is 23.5 Å². The van der Waals surface area contributed by atoms with Gasteiger partial charge >= 0.3 is 11.9 Å². The highest BCUT2D eigenvalue weighted by atomic mass is 35.5. The summed E-state index contributed by atoms with van der Waals surface area (Å²) in [5, 5.41) is 20.1. The number of halogens is 1. The Morgan fingerprint density at radius 2 is 1.52 bits per heavy atom. The summed E-state index contributed by atoms with van der Waals surface area (Å²) < 4.78 is 0. The Hall–Kier alpha value is -3.09. The second kappa shape index (κ2) is 10.8. The molecule has 0 amide bonds. The number of carboxylic acids is 2. The average molecular weight is 441 g/mol. The lowest BCUT2D eigenvalue weighted by molar-refractivity contribution is -0.143. The molecule has 0 saturated heterocycles. The third-order valence-electron chi connectivity index (χ3n) is 5.13. The van der Waals surface area contributed by atoms with E-state index in [0.29, 0.717) is 0 Å². The summed E-state index contributed by atoms with van der Waals surface area (Å²) in [6.07, 6.45) is 5.62. The van der Waals surface area contributed by atoms with E-state index in [9.17, 15) is 9.59 Å². The van der Waals surface area contributed by atoms with E-state index in [0.717, 1.165) is 31.0 Å². The predicted molar refractivity (Wildman–Crippen MR) is 121 cm³/mol. The van der Waals surface area contributed by atoms with E-state index < -0.39 is 11.9 Å². The molecule has 31 heavy (non-hydrogen) atoms. The number of fused-ring (bicyclic) bond motifs is 1. The highest BCUT2D eigenvalue weighted by Gasteiger charge is 2.19. The highest BCUT2D eigenvalue weighted by molar-refractivity contribution is 6.33. The van der Waals surface area contributed by atoms with Gasteiger partial charge in [0.05, 0.1) is 12.8 Å². The first-order valence-corrected chi connectivity index (χ1v) is 10.5. The third-order valence-corrected chi connectivity index (χ3v) is 5.45. The minimum Gasteiger partial charge on any atom is -0.481 e. The van der Waals surface area contributed by atoms with Crippen molar-refractivity contribution in [3.05, 3.63) is 71.0 Å². The van der Waals surface area contributed by atoms with Gasteiger partial charge in [-0.1, -0.05) is 48.0 Å². The zero-order valence-corrected chi connectivity index (χ0v) is 17.8. The summed E-state index contributed by atoms with van der Waals surface area (Å²) in [5.41, 5.74) is 7.60. The van der Waals surface area contributed by atoms with Gasteiger partial charge in [-0.05, 0) is 48.7 Å². The molecule has 1 aliphatic rings. The molecule has 7 heteroatoms. The van der Waals surface area contributed by atoms with Gasteiger partial charge in [0.1, 0.15) is 0 Å². The predicted octanol–water partition coefficient (Wildman–Crippen LogP) is 4.63. The molecule has 4 N–H and O–H groups in total. The highest BCUT2D eigenvalue weighted by Crippen LogP contribution is 2.40. The van der Waals surface area contributed by atoms with Crippen LogP contribution in [0.5, 0.6) is 0 Å². The summed E-state index contributed by atoms with van der Waals surface area (Å²) in [6.45, 7) is 2.04. The lowest BCUT2D eigenvalue weighted by Crippen LogP contribution is -2.16. The van der Waals surface area contributed by atoms with E-state index in [-0.39, 0.29) is 12.8 Å². The maximum atomic E-state index is 9.64. The van der Waals surface area contributed by atoms with Crippen LogP contribution in [-0.2, 0) is 22.4 Å². The maximum Gasteiger partial charge on any atom is 0.303 e. The van der Waals surface area contributed by atoms with E-state index in [1.807, 2.05) is 12.1 Å². The fourth-order valence-corrected chi connectivity index (χ4v) is 3.95. The lowest BCUT2D eigenvalue weighted by atomic mass is 9.90. The Bertz CT molecular complexity index is 1030. The molecule has 0 spiro atoms. The van der Waals surface area contributed by atoms with Crippen LogP contribution in [0.2, 0.25) is 5.02 Å². The Morgan fingerprint density at radius 3 is 2.19 bits per heavy atom. The summed E-state index contributed by atoms with van der Waals surface area (Å²) in [7, 11) is 0. The van der Waals surface area contributed by atoms with Crippen LogP contribution in [0.1, 0.15) is 24.0 Å². The molecule has 2 aromatic carbocycles. The SMILES string of the molecule is Clc1ccc2c(c1-c1c[nH]cc1-c1ccccc1)CCNCC2.O=C(O)CCC(=O)O. The van der Waals surface area contributed by atoms with Crippen molar-refractivity contribution in [2.45, 2.75) is 25.7 Å². The number of hydrogen-bond acceptors (Lipinski definition) is 3. The van der Waals surface area contributed by atoms with Crippen LogP contribution in [0, 0.1) is 0 Å². The summed E-state index contributed by atoms with van der Waals surface area (Å²) >= 11 is 6.63. The minimum atomic E-state index is -1.08. The first-order chi connectivity index (χ1) is 15.0. The van der Waals surface area contributed by atoms with Gasteiger partial charge in [0, 0.05) is 34.1 Å². The van der Waals surface area contributed by atoms with E-state index in [1.165, 1.54) is 33.4 Å². The van der Waals surface area contributed by atoms with Crippen molar-refractivity contribution in [3.8, 4) is 22.3 Å². The third kappa shape index (κ3) is 5.96. The second-order valence-electron chi connectivity index (χ2n) is 7.25. The van der Waals surface area contributed by atoms with Crippen molar-refractivity contribution in [3.63, 3.8) is 0 Å². The van der Waals surface area contributed by atoms with Crippen LogP contribution in [0.25, 0.3) is 22.3 Å². The van der Waals surface area contributed by atoms with Gasteiger partial charge in [-0.3, -0.25) is 9.59 Å². The quantitative estimate of drug-likeness (QED) is 0.463. The van der Waals surface area contributed by atoms with E-state index >= 15 is 0 Å². The van der Waals surface area contributed by atoms with Crippen LogP contribution < -0.4 is 5.32 Å². The van der Waals surface area contributed by atoms with Crippen LogP contribution in [0.15, 0.2) is 54.9 Å². The summed E-state index contributed by atoms with van der Waals surface area (Å²) in [5.74, 6) is -2.15. The van der Waals surface area contributed by atoms with E-state index in [1.54, 1.807) is 0 Å². The fourth-order valence-electron chi connectivity index (χ4n) is 3.68. The number of nitrogens with one attached hydrogen (secondary N) is 2. The van der Waals surface area contributed by atoms with Crippen molar-refractivity contribution in [1.29, 1.82) is 0 Å². The van der Waals surface area contributed by atoms with Crippen molar-refractivity contribution in [1.82, 2.24) is 10.3 Å². The molecule has 162 valence electrons. The normalized spacial score (nSPS) is 12.8. The molecule has 1 aliphatic heterocycles. The number of hydrogen-bond donors (Lipinski definition) is 4. The zero-order chi connectivity index (χ0) is 22.2. The molecule has 1 aromatic heterocycles. The molecule has 0 fully saturated rings. The number of aromatic nitrogens is 1. The smallest absolute Gasteiger partial charge is 0.303 e. The number of rotatable bonds is 5. The van der Waals surface area contributed by atoms with Gasteiger partial charge in [-0.2, -0.15) is 0 Å². The van der Waals surface area contributed by atoms with Gasteiger partial charge in [0.25, 0.3) is 0 Å². The Balaban J connectivity index is 0.000000293. The van der Waals surface area contributed by atoms with Crippen LogP contribution in [-0.4, -0.2) is 40.2 Å². The Kier molecular flexibility index (Phi) is 7.87. The van der Waals surface area contributed by atoms with Crippen molar-refractivity contribution < 1.29 is 19.8 Å². The van der Waals surface area contributed by atoms with Crippen molar-refractivity contribution in [2.24, 2.45) is 0 Å². The molecule has 0 atom stereocenters. The number of carbonyl (C=O) groups is 2. The van der Waals surface area contributed by atoms with E-state index in [2.05, 4.69) is 53.0 Å². The number of aliphatic carboxylic acids is 2. The first-order valence-electron chi connectivity index (χ1n) is 10.1. The Morgan fingerprint density at radius 1 is 0.871 bits per heavy atom.